The van der Waals surface area contributed by atoms with Crippen molar-refractivity contribution >= 4 is 17.6 Å². The average Bonchev–Trinajstić information content (AvgIpc) is 2.31. The highest BCUT2D eigenvalue weighted by Crippen LogP contribution is 2.32. The Hall–Kier alpha value is -1.10. The molecule has 1 aromatic carbocycles. The number of carboxylic acids is 1. The van der Waals surface area contributed by atoms with Crippen LogP contribution >= 0.6 is 11.6 Å². The van der Waals surface area contributed by atoms with Gasteiger partial charge in [-0.3, -0.25) is 4.79 Å². The van der Waals surface area contributed by atoms with E-state index in [0.29, 0.717) is 5.02 Å². The molecule has 5 heteroatoms. The van der Waals surface area contributed by atoms with Crippen LogP contribution in [0.1, 0.15) is 18.8 Å². The number of hydrogen-bond acceptors (Lipinski definition) is 3. The Morgan fingerprint density at radius 2 is 1.88 bits per heavy atom. The Labute approximate surface area is 104 Å². The fourth-order valence-corrected chi connectivity index (χ4v) is 1.67. The molecule has 1 aromatic rings. The maximum Gasteiger partial charge on any atom is 0.314 e. The van der Waals surface area contributed by atoms with E-state index in [1.807, 2.05) is 0 Å². The fraction of sp³-hybridized carbons (Fsp3) is 0.417. The number of benzene rings is 1. The summed E-state index contributed by atoms with van der Waals surface area (Å²) in [5, 5.41) is 9.65. The van der Waals surface area contributed by atoms with Gasteiger partial charge in [0.2, 0.25) is 0 Å². The lowest BCUT2D eigenvalue weighted by atomic mass is 9.92. The van der Waals surface area contributed by atoms with Crippen LogP contribution in [0.2, 0.25) is 5.02 Å². The second-order valence-corrected chi connectivity index (χ2v) is 4.81. The number of carbonyl (C=O) groups is 1. The molecular weight excluding hydrogens is 244 g/mol. The molecular formula is C12H13ClO4. The molecule has 1 N–H and O–H groups in total. The molecule has 1 heterocycles. The predicted octanol–water partition coefficient (Wildman–Crippen LogP) is 2.48. The van der Waals surface area contributed by atoms with Gasteiger partial charge in [0.25, 0.3) is 0 Å². The van der Waals surface area contributed by atoms with Crippen molar-refractivity contribution in [2.45, 2.75) is 13.2 Å². The maximum atomic E-state index is 11.0. The van der Waals surface area contributed by atoms with Gasteiger partial charge in [0.1, 0.15) is 5.41 Å². The summed E-state index contributed by atoms with van der Waals surface area (Å²) >= 11 is 5.78. The van der Waals surface area contributed by atoms with E-state index in [1.165, 1.54) is 0 Å². The monoisotopic (exact) mass is 256 g/mol. The van der Waals surface area contributed by atoms with E-state index in [1.54, 1.807) is 31.2 Å². The van der Waals surface area contributed by atoms with Crippen molar-refractivity contribution in [3.05, 3.63) is 34.9 Å². The van der Waals surface area contributed by atoms with Crippen molar-refractivity contribution in [2.75, 3.05) is 13.2 Å². The molecule has 2 rings (SSSR count). The quantitative estimate of drug-likeness (QED) is 0.883. The van der Waals surface area contributed by atoms with Gasteiger partial charge in [-0.25, -0.2) is 0 Å². The third-order valence-corrected chi connectivity index (χ3v) is 3.02. The zero-order chi connectivity index (χ0) is 12.5. The van der Waals surface area contributed by atoms with Gasteiger partial charge < -0.3 is 14.6 Å². The minimum Gasteiger partial charge on any atom is -0.481 e. The van der Waals surface area contributed by atoms with Gasteiger partial charge in [0.15, 0.2) is 6.29 Å². The Kier molecular flexibility index (Phi) is 3.38. The highest BCUT2D eigenvalue weighted by atomic mass is 35.5. The Morgan fingerprint density at radius 3 is 2.35 bits per heavy atom. The van der Waals surface area contributed by atoms with Crippen LogP contribution in [0.15, 0.2) is 24.3 Å². The van der Waals surface area contributed by atoms with Crippen molar-refractivity contribution in [1.82, 2.24) is 0 Å². The van der Waals surface area contributed by atoms with Crippen LogP contribution in [0, 0.1) is 5.41 Å². The molecule has 17 heavy (non-hydrogen) atoms. The molecule has 0 saturated carbocycles. The number of hydrogen-bond donors (Lipinski definition) is 1. The van der Waals surface area contributed by atoms with Gasteiger partial charge >= 0.3 is 5.97 Å². The van der Waals surface area contributed by atoms with Gasteiger partial charge in [-0.15, -0.1) is 0 Å². The number of halogens is 1. The second-order valence-electron chi connectivity index (χ2n) is 4.37. The summed E-state index contributed by atoms with van der Waals surface area (Å²) in [4.78, 5) is 11.0. The van der Waals surface area contributed by atoms with Gasteiger partial charge in [0.05, 0.1) is 13.2 Å². The molecule has 1 aliphatic heterocycles. The molecule has 4 nitrogen and oxygen atoms in total. The van der Waals surface area contributed by atoms with Gasteiger partial charge in [-0.1, -0.05) is 23.7 Å². The predicted molar refractivity (Wildman–Crippen MR) is 61.8 cm³/mol. The highest BCUT2D eigenvalue weighted by Gasteiger charge is 2.39. The zero-order valence-corrected chi connectivity index (χ0v) is 10.1. The van der Waals surface area contributed by atoms with Gasteiger partial charge in [-0.05, 0) is 19.1 Å². The summed E-state index contributed by atoms with van der Waals surface area (Å²) in [5.41, 5.74) is -0.134. The lowest BCUT2D eigenvalue weighted by molar-refractivity contribution is -0.234. The van der Waals surface area contributed by atoms with E-state index in [4.69, 9.17) is 26.2 Å². The van der Waals surface area contributed by atoms with Crippen molar-refractivity contribution in [3.63, 3.8) is 0 Å². The van der Waals surface area contributed by atoms with Crippen LogP contribution in [-0.4, -0.2) is 24.3 Å². The van der Waals surface area contributed by atoms with Crippen LogP contribution in [0.25, 0.3) is 0 Å². The number of aliphatic carboxylic acids is 1. The van der Waals surface area contributed by atoms with Crippen LogP contribution in [0.5, 0.6) is 0 Å². The van der Waals surface area contributed by atoms with Crippen LogP contribution in [0.3, 0.4) is 0 Å². The van der Waals surface area contributed by atoms with Crippen molar-refractivity contribution in [2.24, 2.45) is 5.41 Å². The normalized spacial score (nSPS) is 28.9. The van der Waals surface area contributed by atoms with E-state index >= 15 is 0 Å². The molecule has 1 saturated heterocycles. The van der Waals surface area contributed by atoms with Crippen LogP contribution < -0.4 is 0 Å². The molecule has 0 aromatic heterocycles. The average molecular weight is 257 g/mol. The summed E-state index contributed by atoms with van der Waals surface area (Å²) < 4.78 is 10.9. The van der Waals surface area contributed by atoms with Crippen molar-refractivity contribution in [3.8, 4) is 0 Å². The molecule has 92 valence electrons. The third kappa shape index (κ3) is 2.60. The Balaban J connectivity index is 2.04. The summed E-state index contributed by atoms with van der Waals surface area (Å²) in [7, 11) is 0. The Morgan fingerprint density at radius 1 is 1.35 bits per heavy atom. The maximum absolute atomic E-state index is 11.0. The van der Waals surface area contributed by atoms with Crippen molar-refractivity contribution < 1.29 is 19.4 Å². The molecule has 0 spiro atoms. The lowest BCUT2D eigenvalue weighted by Gasteiger charge is -2.34. The first-order valence-corrected chi connectivity index (χ1v) is 5.61. The first-order valence-electron chi connectivity index (χ1n) is 5.23. The van der Waals surface area contributed by atoms with Crippen LogP contribution in [0.4, 0.5) is 0 Å². The Bertz CT molecular complexity index is 407. The first kappa shape index (κ1) is 12.4. The summed E-state index contributed by atoms with van der Waals surface area (Å²) in [6.07, 6.45) is -0.514. The molecule has 1 aliphatic rings. The summed E-state index contributed by atoms with van der Waals surface area (Å²) in [6, 6.07) is 7.09. The minimum atomic E-state index is -0.969. The third-order valence-electron chi connectivity index (χ3n) is 2.77. The second kappa shape index (κ2) is 4.64. The topological polar surface area (TPSA) is 55.8 Å². The van der Waals surface area contributed by atoms with E-state index in [-0.39, 0.29) is 13.2 Å². The highest BCUT2D eigenvalue weighted by molar-refractivity contribution is 6.30. The minimum absolute atomic E-state index is 0.135. The van der Waals surface area contributed by atoms with Crippen LogP contribution in [-0.2, 0) is 14.3 Å². The molecule has 1 fully saturated rings. The SMILES string of the molecule is CC1(C(=O)O)COC(c2ccc(Cl)cc2)OC1. The van der Waals surface area contributed by atoms with Crippen molar-refractivity contribution in [1.29, 1.82) is 0 Å². The molecule has 0 radical (unpaired) electrons. The number of carboxylic acid groups (broad SMARTS) is 1. The number of ether oxygens (including phenoxy) is 2. The van der Waals surface area contributed by atoms with Gasteiger partial charge in [0, 0.05) is 10.6 Å². The summed E-state index contributed by atoms with van der Waals surface area (Å²) in [5.74, 6) is -0.910. The smallest absolute Gasteiger partial charge is 0.314 e. The molecule has 0 unspecified atom stereocenters. The lowest BCUT2D eigenvalue weighted by Crippen LogP contribution is -2.42. The van der Waals surface area contributed by atoms with E-state index in [0.717, 1.165) is 5.56 Å². The molecule has 0 bridgehead atoms. The standard InChI is InChI=1S/C12H13ClO4/c1-12(11(14)15)6-16-10(17-7-12)8-2-4-9(13)5-3-8/h2-5,10H,6-7H2,1H3,(H,14,15). The molecule has 0 atom stereocenters. The summed E-state index contributed by atoms with van der Waals surface area (Å²) in [6.45, 7) is 1.87. The van der Waals surface area contributed by atoms with Gasteiger partial charge in [-0.2, -0.15) is 0 Å². The molecule has 0 amide bonds. The largest absolute Gasteiger partial charge is 0.481 e. The van der Waals surface area contributed by atoms with E-state index < -0.39 is 17.7 Å². The zero-order valence-electron chi connectivity index (χ0n) is 9.35. The molecule has 0 aliphatic carbocycles. The fourth-order valence-electron chi connectivity index (χ4n) is 1.54. The van der Waals surface area contributed by atoms with E-state index in [2.05, 4.69) is 0 Å². The van der Waals surface area contributed by atoms with E-state index in [9.17, 15) is 4.79 Å². The number of rotatable bonds is 2. The first-order chi connectivity index (χ1) is 8.01.